The first-order chi connectivity index (χ1) is 20.4. The number of hydrogen-bond acceptors (Lipinski definition) is 3. The van der Waals surface area contributed by atoms with E-state index < -0.39 is 53.5 Å². The maximum atomic E-state index is 13.9. The van der Waals surface area contributed by atoms with E-state index in [4.69, 9.17) is 4.74 Å². The van der Waals surface area contributed by atoms with Gasteiger partial charge in [0.2, 0.25) is 5.91 Å². The number of carbonyl (C=O) groups is 1. The third-order valence-electron chi connectivity index (χ3n) is 8.82. The maximum Gasteiger partial charge on any atom is 0.416 e. The second-order valence-corrected chi connectivity index (χ2v) is 12.7. The monoisotopic (exact) mass is 624 g/mol. The highest BCUT2D eigenvalue weighted by molar-refractivity contribution is 5.83. The number of halogens is 7. The molecule has 0 aliphatic carbocycles. The van der Waals surface area contributed by atoms with E-state index in [1.807, 2.05) is 6.08 Å². The van der Waals surface area contributed by atoms with Crippen molar-refractivity contribution in [3.63, 3.8) is 0 Å². The van der Waals surface area contributed by atoms with Crippen LogP contribution >= 0.6 is 0 Å². The molecule has 5 rings (SSSR count). The second-order valence-electron chi connectivity index (χ2n) is 12.7. The van der Waals surface area contributed by atoms with Crippen molar-refractivity contribution in [3.8, 4) is 0 Å². The molecule has 3 aliphatic heterocycles. The van der Waals surface area contributed by atoms with Gasteiger partial charge in [-0.3, -0.25) is 9.69 Å². The molecular weight excluding hydrogens is 589 g/mol. The number of benzene rings is 2. The summed E-state index contributed by atoms with van der Waals surface area (Å²) in [5, 5.41) is 0. The van der Waals surface area contributed by atoms with Gasteiger partial charge in [-0.25, -0.2) is 4.39 Å². The van der Waals surface area contributed by atoms with Crippen molar-refractivity contribution in [2.45, 2.75) is 82.6 Å². The van der Waals surface area contributed by atoms with E-state index >= 15 is 0 Å². The molecule has 2 unspecified atom stereocenters. The molecule has 4 atom stereocenters. The van der Waals surface area contributed by atoms with Gasteiger partial charge in [-0.15, -0.1) is 0 Å². The minimum absolute atomic E-state index is 0.00351. The quantitative estimate of drug-likeness (QED) is 0.316. The molecule has 0 spiro atoms. The fourth-order valence-electron chi connectivity index (χ4n) is 6.40. The van der Waals surface area contributed by atoms with Gasteiger partial charge in [-0.1, -0.05) is 24.3 Å². The summed E-state index contributed by atoms with van der Waals surface area (Å²) < 4.78 is 101. The lowest BCUT2D eigenvalue weighted by atomic mass is 9.84. The average Bonchev–Trinajstić information content (AvgIpc) is 3.30. The molecule has 0 radical (unpaired) electrons. The van der Waals surface area contributed by atoms with Crippen molar-refractivity contribution in [2.75, 3.05) is 19.6 Å². The number of fused-ring (bicyclic) bond motifs is 1. The minimum Gasteiger partial charge on any atom is -0.368 e. The molecule has 3 aliphatic rings. The Labute approximate surface area is 252 Å². The summed E-state index contributed by atoms with van der Waals surface area (Å²) in [5.74, 6) is -1.14. The summed E-state index contributed by atoms with van der Waals surface area (Å²) in [6.45, 7) is 9.47. The second kappa shape index (κ2) is 11.6. The summed E-state index contributed by atoms with van der Waals surface area (Å²) in [4.78, 5) is 17.5. The number of ether oxygens (including phenoxy) is 1. The van der Waals surface area contributed by atoms with Gasteiger partial charge >= 0.3 is 12.4 Å². The highest BCUT2D eigenvalue weighted by atomic mass is 19.4. The average molecular weight is 625 g/mol. The molecular formula is C33H35F7N2O2. The standard InChI is InChI=1S/C33H35F7N2O2/c1-19(22-13-24(32(35,36)37)17-25(14-22)33(38,39)40)44-28-18-42-27(30(28)21-5-7-26(34)8-6-21)15-23(16-29(42)43)20-9-11-41(12-10-20)31(2,3)4/h5-9,13-15,17,19,27-28,30H,10-12,16,18H2,1-4H3/t19-,27?,28?,30+/m1/s1. The number of rotatable bonds is 5. The van der Waals surface area contributed by atoms with Crippen LogP contribution in [0.1, 0.15) is 74.8 Å². The molecule has 0 bridgehead atoms. The molecule has 11 heteroatoms. The van der Waals surface area contributed by atoms with Crippen LogP contribution in [0.25, 0.3) is 0 Å². The lowest BCUT2D eigenvalue weighted by molar-refractivity contribution is -0.143. The summed E-state index contributed by atoms with van der Waals surface area (Å²) in [7, 11) is 0. The van der Waals surface area contributed by atoms with Crippen LogP contribution < -0.4 is 0 Å². The summed E-state index contributed by atoms with van der Waals surface area (Å²) in [6, 6.07) is 6.63. The Morgan fingerprint density at radius 2 is 1.52 bits per heavy atom. The number of carbonyl (C=O) groups excluding carboxylic acids is 1. The number of amides is 1. The number of hydrogen-bond donors (Lipinski definition) is 0. The maximum absolute atomic E-state index is 13.9. The topological polar surface area (TPSA) is 32.8 Å². The van der Waals surface area contributed by atoms with Gasteiger partial charge in [0.15, 0.2) is 0 Å². The van der Waals surface area contributed by atoms with E-state index in [0.29, 0.717) is 17.7 Å². The normalized spacial score (nSPS) is 24.2. The van der Waals surface area contributed by atoms with Gasteiger partial charge in [0.1, 0.15) is 5.82 Å². The van der Waals surface area contributed by atoms with Crippen molar-refractivity contribution in [1.82, 2.24) is 9.80 Å². The molecule has 238 valence electrons. The predicted octanol–water partition coefficient (Wildman–Crippen LogP) is 8.06. The van der Waals surface area contributed by atoms with Crippen molar-refractivity contribution in [2.24, 2.45) is 0 Å². The van der Waals surface area contributed by atoms with Gasteiger partial charge in [0.25, 0.3) is 0 Å². The molecule has 1 fully saturated rings. The van der Waals surface area contributed by atoms with E-state index in [1.165, 1.54) is 19.1 Å². The van der Waals surface area contributed by atoms with Crippen LogP contribution in [0.2, 0.25) is 0 Å². The summed E-state index contributed by atoms with van der Waals surface area (Å²) in [6.07, 6.45) is -6.84. The molecule has 44 heavy (non-hydrogen) atoms. The van der Waals surface area contributed by atoms with Crippen LogP contribution in [0.4, 0.5) is 30.7 Å². The summed E-state index contributed by atoms with van der Waals surface area (Å²) in [5.41, 5.74) is -0.506. The molecule has 1 saturated heterocycles. The summed E-state index contributed by atoms with van der Waals surface area (Å²) >= 11 is 0. The Bertz CT molecular complexity index is 1420. The van der Waals surface area contributed by atoms with Crippen LogP contribution in [0, 0.1) is 5.82 Å². The van der Waals surface area contributed by atoms with Crippen LogP contribution in [0.15, 0.2) is 65.8 Å². The molecule has 0 saturated carbocycles. The number of alkyl halides is 6. The smallest absolute Gasteiger partial charge is 0.368 e. The lowest BCUT2D eigenvalue weighted by Crippen LogP contribution is -2.44. The molecule has 2 aromatic rings. The van der Waals surface area contributed by atoms with Crippen LogP contribution in [0.3, 0.4) is 0 Å². The Hall–Kier alpha value is -3.18. The van der Waals surface area contributed by atoms with Crippen molar-refractivity contribution in [1.29, 1.82) is 0 Å². The van der Waals surface area contributed by atoms with Crippen LogP contribution in [0.5, 0.6) is 0 Å². The number of nitrogens with zero attached hydrogens (tertiary/aromatic N) is 2. The zero-order chi connectivity index (χ0) is 32.2. The molecule has 0 N–H and O–H groups in total. The first-order valence-electron chi connectivity index (χ1n) is 14.6. The van der Waals surface area contributed by atoms with E-state index in [2.05, 4.69) is 31.7 Å². The molecule has 0 aromatic heterocycles. The highest BCUT2D eigenvalue weighted by Gasteiger charge is 2.47. The molecule has 2 aromatic carbocycles. The lowest BCUT2D eigenvalue weighted by Gasteiger charge is -2.39. The van der Waals surface area contributed by atoms with E-state index in [0.717, 1.165) is 30.7 Å². The van der Waals surface area contributed by atoms with Crippen molar-refractivity contribution >= 4 is 5.91 Å². The molecule has 3 heterocycles. The Morgan fingerprint density at radius 1 is 0.909 bits per heavy atom. The molecule has 1 amide bonds. The minimum atomic E-state index is -4.99. The van der Waals surface area contributed by atoms with E-state index in [1.54, 1.807) is 17.0 Å². The largest absolute Gasteiger partial charge is 0.416 e. The van der Waals surface area contributed by atoms with Gasteiger partial charge in [-0.05, 0) is 86.7 Å². The Morgan fingerprint density at radius 3 is 2.05 bits per heavy atom. The zero-order valence-corrected chi connectivity index (χ0v) is 24.9. The van der Waals surface area contributed by atoms with E-state index in [9.17, 15) is 35.5 Å². The highest BCUT2D eigenvalue weighted by Crippen LogP contribution is 2.44. The Kier molecular flexibility index (Phi) is 8.52. The van der Waals surface area contributed by atoms with Crippen LogP contribution in [-0.2, 0) is 21.9 Å². The van der Waals surface area contributed by atoms with Gasteiger partial charge in [0.05, 0.1) is 35.8 Å². The van der Waals surface area contributed by atoms with Gasteiger partial charge in [0, 0.05) is 31.1 Å². The first-order valence-corrected chi connectivity index (χ1v) is 14.6. The fourth-order valence-corrected chi connectivity index (χ4v) is 6.40. The first kappa shape index (κ1) is 32.2. The third-order valence-corrected chi connectivity index (χ3v) is 8.82. The van der Waals surface area contributed by atoms with Crippen molar-refractivity contribution in [3.05, 3.63) is 93.8 Å². The third kappa shape index (κ3) is 6.73. The Balaban J connectivity index is 1.48. The SMILES string of the molecule is C[C@@H](OC1CN2C(=O)CC(C3=CCN(C(C)(C)C)CC3)=CC2[C@@H]1c1ccc(F)cc1)c1cc(C(F)(F)F)cc(C(F)(F)F)c1. The van der Waals surface area contributed by atoms with Gasteiger partial charge < -0.3 is 9.64 Å². The van der Waals surface area contributed by atoms with Gasteiger partial charge in [-0.2, -0.15) is 26.3 Å². The fraction of sp³-hybridized carbons (Fsp3) is 0.485. The molecule has 4 nitrogen and oxygen atoms in total. The predicted molar refractivity (Wildman–Crippen MR) is 151 cm³/mol. The van der Waals surface area contributed by atoms with E-state index in [-0.39, 0.29) is 36.0 Å². The van der Waals surface area contributed by atoms with Crippen LogP contribution in [-0.4, -0.2) is 53.0 Å². The zero-order valence-electron chi connectivity index (χ0n) is 24.9. The van der Waals surface area contributed by atoms with Crippen molar-refractivity contribution < 1.29 is 40.3 Å².